The Morgan fingerprint density at radius 1 is 1.22 bits per heavy atom. The molecule has 0 radical (unpaired) electrons. The molecule has 1 aromatic heterocycles. The maximum Gasteiger partial charge on any atom is 0.314 e. The van der Waals surface area contributed by atoms with Crippen LogP contribution < -0.4 is 0 Å². The molecule has 0 spiro atoms. The van der Waals surface area contributed by atoms with Gasteiger partial charge in [0.15, 0.2) is 0 Å². The highest BCUT2D eigenvalue weighted by molar-refractivity contribution is 7.17. The van der Waals surface area contributed by atoms with Crippen LogP contribution in [0.15, 0.2) is 23.6 Å². The van der Waals surface area contributed by atoms with E-state index in [1.807, 2.05) is 17.5 Å². The molecule has 3 nitrogen and oxygen atoms in total. The number of hydrogen-bond acceptors (Lipinski definition) is 3. The monoisotopic (exact) mass is 262 g/mol. The molecule has 94 valence electrons. The number of aliphatic carboxylic acids is 1. The minimum absolute atomic E-state index is 0.151. The number of aromatic hydroxyl groups is 1. The second-order valence-corrected chi connectivity index (χ2v) is 5.84. The summed E-state index contributed by atoms with van der Waals surface area (Å²) in [7, 11) is 0. The number of fused-ring (bicyclic) bond motifs is 1. The van der Waals surface area contributed by atoms with Crippen molar-refractivity contribution in [3.05, 3.63) is 29.1 Å². The number of phenols is 1. The van der Waals surface area contributed by atoms with Crippen LogP contribution in [0.5, 0.6) is 5.75 Å². The topological polar surface area (TPSA) is 57.5 Å². The van der Waals surface area contributed by atoms with Gasteiger partial charge in [0.25, 0.3) is 0 Å². The van der Waals surface area contributed by atoms with E-state index in [4.69, 9.17) is 0 Å². The summed E-state index contributed by atoms with van der Waals surface area (Å²) >= 11 is 1.55. The van der Waals surface area contributed by atoms with E-state index in [-0.39, 0.29) is 5.75 Å². The van der Waals surface area contributed by atoms with Crippen LogP contribution in [0, 0.1) is 0 Å². The molecular formula is C14H14O3S. The van der Waals surface area contributed by atoms with Gasteiger partial charge in [-0.3, -0.25) is 4.79 Å². The number of phenolic OH excluding ortho intramolecular Hbond substituents is 1. The molecule has 0 unspecified atom stereocenters. The average molecular weight is 262 g/mol. The van der Waals surface area contributed by atoms with Crippen LogP contribution in [0.25, 0.3) is 10.1 Å². The predicted octanol–water partition coefficient (Wildman–Crippen LogP) is 3.50. The second-order valence-electron chi connectivity index (χ2n) is 4.89. The van der Waals surface area contributed by atoms with E-state index in [2.05, 4.69) is 0 Å². The van der Waals surface area contributed by atoms with Gasteiger partial charge in [0.1, 0.15) is 5.75 Å². The van der Waals surface area contributed by atoms with Gasteiger partial charge in [-0.2, -0.15) is 0 Å². The molecule has 2 aromatic rings. The number of rotatable bonds is 2. The van der Waals surface area contributed by atoms with Crippen molar-refractivity contribution in [3.8, 4) is 5.75 Å². The number of benzene rings is 1. The quantitative estimate of drug-likeness (QED) is 0.870. The molecule has 0 amide bonds. The van der Waals surface area contributed by atoms with Gasteiger partial charge < -0.3 is 10.2 Å². The fraction of sp³-hybridized carbons (Fsp3) is 0.357. The van der Waals surface area contributed by atoms with Crippen LogP contribution in [0.4, 0.5) is 0 Å². The van der Waals surface area contributed by atoms with Gasteiger partial charge in [0, 0.05) is 15.6 Å². The normalized spacial score (nSPS) is 18.2. The first-order valence-electron chi connectivity index (χ1n) is 6.08. The second kappa shape index (κ2) is 3.99. The maximum absolute atomic E-state index is 11.6. The molecule has 18 heavy (non-hydrogen) atoms. The number of carboxylic acids is 1. The Morgan fingerprint density at radius 2 is 1.94 bits per heavy atom. The molecular weight excluding hydrogens is 248 g/mol. The van der Waals surface area contributed by atoms with Gasteiger partial charge in [0.05, 0.1) is 5.41 Å². The summed E-state index contributed by atoms with van der Waals surface area (Å²) in [4.78, 5) is 11.6. The molecule has 0 saturated heterocycles. The Bertz CT molecular complexity index is 609. The van der Waals surface area contributed by atoms with Crippen molar-refractivity contribution in [2.24, 2.45) is 0 Å². The number of carbonyl (C=O) groups is 1. The van der Waals surface area contributed by atoms with Crippen LogP contribution >= 0.6 is 11.3 Å². The van der Waals surface area contributed by atoms with Gasteiger partial charge in [-0.05, 0) is 30.4 Å². The zero-order valence-corrected chi connectivity index (χ0v) is 10.7. The molecule has 2 N–H and O–H groups in total. The van der Waals surface area contributed by atoms with Crippen molar-refractivity contribution < 1.29 is 15.0 Å². The number of thiophene rings is 1. The zero-order chi connectivity index (χ0) is 12.8. The number of carboxylic acid groups (broad SMARTS) is 1. The van der Waals surface area contributed by atoms with E-state index in [0.717, 1.165) is 22.9 Å². The Kier molecular flexibility index (Phi) is 2.55. The SMILES string of the molecule is O=C(O)C1(c2ccc3sccc3c2O)CCCC1. The molecule has 1 saturated carbocycles. The third-order valence-electron chi connectivity index (χ3n) is 3.99. The largest absolute Gasteiger partial charge is 0.507 e. The van der Waals surface area contributed by atoms with E-state index in [1.165, 1.54) is 0 Å². The molecule has 3 rings (SSSR count). The van der Waals surface area contributed by atoms with Crippen LogP contribution in [0.1, 0.15) is 31.2 Å². The van der Waals surface area contributed by atoms with Crippen molar-refractivity contribution in [1.29, 1.82) is 0 Å². The summed E-state index contributed by atoms with van der Waals surface area (Å²) in [5.41, 5.74) is -0.307. The first kappa shape index (κ1) is 11.5. The summed E-state index contributed by atoms with van der Waals surface area (Å²) in [6.07, 6.45) is 3.05. The van der Waals surface area contributed by atoms with E-state index < -0.39 is 11.4 Å². The lowest BCUT2D eigenvalue weighted by Crippen LogP contribution is -2.32. The minimum Gasteiger partial charge on any atom is -0.507 e. The molecule has 0 atom stereocenters. The minimum atomic E-state index is -0.889. The predicted molar refractivity (Wildman–Crippen MR) is 71.3 cm³/mol. The van der Waals surface area contributed by atoms with Gasteiger partial charge in [-0.25, -0.2) is 0 Å². The van der Waals surface area contributed by atoms with Crippen LogP contribution in [-0.2, 0) is 10.2 Å². The Labute approximate surface area is 109 Å². The summed E-state index contributed by atoms with van der Waals surface area (Å²) in [6, 6.07) is 5.55. The number of hydrogen-bond donors (Lipinski definition) is 2. The van der Waals surface area contributed by atoms with E-state index >= 15 is 0 Å². The van der Waals surface area contributed by atoms with Crippen molar-refractivity contribution in [2.45, 2.75) is 31.1 Å². The fourth-order valence-electron chi connectivity index (χ4n) is 2.99. The summed E-state index contributed by atoms with van der Waals surface area (Å²) < 4.78 is 0.995. The van der Waals surface area contributed by atoms with Crippen LogP contribution in [-0.4, -0.2) is 16.2 Å². The molecule has 1 aliphatic rings. The Hall–Kier alpha value is -1.55. The standard InChI is InChI=1S/C14H14O3S/c15-12-9-5-8-18-11(9)4-3-10(12)14(13(16)17)6-1-2-7-14/h3-5,8,15H,1-2,6-7H2,(H,16,17). The van der Waals surface area contributed by atoms with Gasteiger partial charge in [0.2, 0.25) is 0 Å². The third kappa shape index (κ3) is 1.45. The fourth-order valence-corrected chi connectivity index (χ4v) is 3.78. The summed E-state index contributed by atoms with van der Waals surface area (Å²) in [5, 5.41) is 22.6. The molecule has 0 aliphatic heterocycles. The lowest BCUT2D eigenvalue weighted by Gasteiger charge is -2.25. The van der Waals surface area contributed by atoms with Crippen LogP contribution in [0.3, 0.4) is 0 Å². The van der Waals surface area contributed by atoms with Gasteiger partial charge in [-0.1, -0.05) is 18.9 Å². The van der Waals surface area contributed by atoms with Gasteiger partial charge >= 0.3 is 5.97 Å². The summed E-state index contributed by atoms with van der Waals surface area (Å²) in [6.45, 7) is 0. The first-order chi connectivity index (χ1) is 8.65. The molecule has 4 heteroatoms. The molecule has 1 fully saturated rings. The Balaban J connectivity index is 2.23. The maximum atomic E-state index is 11.6. The van der Waals surface area contributed by atoms with Crippen molar-refractivity contribution >= 4 is 27.4 Å². The highest BCUT2D eigenvalue weighted by atomic mass is 32.1. The van der Waals surface area contributed by atoms with E-state index in [0.29, 0.717) is 18.4 Å². The molecule has 1 aliphatic carbocycles. The molecule has 0 bridgehead atoms. The average Bonchev–Trinajstić information content (AvgIpc) is 2.98. The lowest BCUT2D eigenvalue weighted by molar-refractivity contribution is -0.143. The van der Waals surface area contributed by atoms with Crippen molar-refractivity contribution in [2.75, 3.05) is 0 Å². The smallest absolute Gasteiger partial charge is 0.314 e. The highest BCUT2D eigenvalue weighted by Crippen LogP contribution is 2.47. The van der Waals surface area contributed by atoms with E-state index in [1.54, 1.807) is 17.4 Å². The summed E-state index contributed by atoms with van der Waals surface area (Å²) in [5.74, 6) is -0.664. The third-order valence-corrected chi connectivity index (χ3v) is 4.87. The molecule has 1 heterocycles. The Morgan fingerprint density at radius 3 is 2.61 bits per heavy atom. The highest BCUT2D eigenvalue weighted by Gasteiger charge is 2.44. The lowest BCUT2D eigenvalue weighted by atomic mass is 9.78. The first-order valence-corrected chi connectivity index (χ1v) is 6.96. The van der Waals surface area contributed by atoms with E-state index in [9.17, 15) is 15.0 Å². The van der Waals surface area contributed by atoms with Crippen molar-refractivity contribution in [1.82, 2.24) is 0 Å². The molecule has 1 aromatic carbocycles. The zero-order valence-electron chi connectivity index (χ0n) is 9.85. The van der Waals surface area contributed by atoms with Crippen LogP contribution in [0.2, 0.25) is 0 Å². The van der Waals surface area contributed by atoms with Crippen molar-refractivity contribution in [3.63, 3.8) is 0 Å². The van der Waals surface area contributed by atoms with Gasteiger partial charge in [-0.15, -0.1) is 11.3 Å².